The Labute approximate surface area is 109 Å². The number of carbonyl (C=O) groups is 2. The standard InChI is InChI=1S/C12H14N2O5/c1-8(15)13-10(12(16)17)7-6-9-4-2-3-5-11(9)14(18)19/h2-5,10H,6-7H2,1H3,(H,13,15)(H,16,17). The molecule has 7 nitrogen and oxygen atoms in total. The van der Waals surface area contributed by atoms with Gasteiger partial charge in [-0.3, -0.25) is 14.9 Å². The summed E-state index contributed by atoms with van der Waals surface area (Å²) in [5, 5.41) is 22.0. The number of aryl methyl sites for hydroxylation is 1. The van der Waals surface area contributed by atoms with Crippen LogP contribution < -0.4 is 5.32 Å². The van der Waals surface area contributed by atoms with Crippen LogP contribution in [0.25, 0.3) is 0 Å². The Kier molecular flexibility index (Phi) is 4.99. The summed E-state index contributed by atoms with van der Waals surface area (Å²) in [5.41, 5.74) is 0.401. The van der Waals surface area contributed by atoms with Gasteiger partial charge >= 0.3 is 5.97 Å². The normalized spacial score (nSPS) is 11.6. The van der Waals surface area contributed by atoms with Crippen LogP contribution >= 0.6 is 0 Å². The minimum Gasteiger partial charge on any atom is -0.480 e. The Bertz CT molecular complexity index is 501. The molecule has 0 aliphatic heterocycles. The average Bonchev–Trinajstić information content (AvgIpc) is 2.34. The molecule has 1 amide bonds. The number of hydrogen-bond donors (Lipinski definition) is 2. The van der Waals surface area contributed by atoms with Crippen LogP contribution in [0.3, 0.4) is 0 Å². The molecule has 0 radical (unpaired) electrons. The van der Waals surface area contributed by atoms with Gasteiger partial charge in [-0.15, -0.1) is 0 Å². The highest BCUT2D eigenvalue weighted by atomic mass is 16.6. The fourth-order valence-electron chi connectivity index (χ4n) is 1.70. The molecule has 1 aromatic carbocycles. The molecule has 0 heterocycles. The predicted molar refractivity (Wildman–Crippen MR) is 66.7 cm³/mol. The highest BCUT2D eigenvalue weighted by Crippen LogP contribution is 2.19. The number of rotatable bonds is 6. The predicted octanol–water partition coefficient (Wildman–Crippen LogP) is 1.12. The summed E-state index contributed by atoms with van der Waals surface area (Å²) in [6.07, 6.45) is 0.300. The van der Waals surface area contributed by atoms with Crippen molar-refractivity contribution in [2.24, 2.45) is 0 Å². The molecular weight excluding hydrogens is 252 g/mol. The van der Waals surface area contributed by atoms with E-state index in [0.717, 1.165) is 0 Å². The number of para-hydroxylation sites is 1. The zero-order valence-electron chi connectivity index (χ0n) is 10.3. The quantitative estimate of drug-likeness (QED) is 0.592. The van der Waals surface area contributed by atoms with Crippen molar-refractivity contribution in [1.82, 2.24) is 5.32 Å². The third kappa shape index (κ3) is 4.38. The number of nitrogens with zero attached hydrogens (tertiary/aromatic N) is 1. The molecule has 1 atom stereocenters. The molecule has 0 spiro atoms. The van der Waals surface area contributed by atoms with Crippen molar-refractivity contribution in [2.75, 3.05) is 0 Å². The number of aliphatic carboxylic acids is 1. The first-order chi connectivity index (χ1) is 8.91. The highest BCUT2D eigenvalue weighted by Gasteiger charge is 2.20. The van der Waals surface area contributed by atoms with E-state index in [1.54, 1.807) is 18.2 Å². The third-order valence-corrected chi connectivity index (χ3v) is 2.57. The fourth-order valence-corrected chi connectivity index (χ4v) is 1.70. The van der Waals surface area contributed by atoms with Crippen LogP contribution in [0.4, 0.5) is 5.69 Å². The van der Waals surface area contributed by atoms with E-state index in [4.69, 9.17) is 5.11 Å². The number of nitro benzene ring substituents is 1. The number of hydrogen-bond acceptors (Lipinski definition) is 4. The minimum absolute atomic E-state index is 0.0468. The van der Waals surface area contributed by atoms with E-state index in [1.807, 2.05) is 0 Å². The summed E-state index contributed by atoms with van der Waals surface area (Å²) in [6.45, 7) is 1.22. The molecule has 2 N–H and O–H groups in total. The number of nitrogens with one attached hydrogen (secondary N) is 1. The maximum absolute atomic E-state index is 10.9. The van der Waals surface area contributed by atoms with Crippen molar-refractivity contribution in [1.29, 1.82) is 0 Å². The van der Waals surface area contributed by atoms with E-state index >= 15 is 0 Å². The second kappa shape index (κ2) is 6.48. The molecule has 7 heteroatoms. The number of carbonyl (C=O) groups excluding carboxylic acids is 1. The second-order valence-corrected chi connectivity index (χ2v) is 4.02. The number of nitro groups is 1. The first-order valence-corrected chi connectivity index (χ1v) is 5.64. The molecule has 0 bridgehead atoms. The van der Waals surface area contributed by atoms with Gasteiger partial charge < -0.3 is 10.4 Å². The Balaban J connectivity index is 2.77. The van der Waals surface area contributed by atoms with E-state index in [1.165, 1.54) is 13.0 Å². The molecular formula is C12H14N2O5. The smallest absolute Gasteiger partial charge is 0.326 e. The number of carboxylic acids is 1. The zero-order valence-corrected chi connectivity index (χ0v) is 10.3. The lowest BCUT2D eigenvalue weighted by atomic mass is 10.0. The van der Waals surface area contributed by atoms with Gasteiger partial charge in [-0.25, -0.2) is 4.79 Å². The van der Waals surface area contributed by atoms with Crippen molar-refractivity contribution in [3.05, 3.63) is 39.9 Å². The van der Waals surface area contributed by atoms with Gasteiger partial charge in [0.25, 0.3) is 5.69 Å². The third-order valence-electron chi connectivity index (χ3n) is 2.57. The van der Waals surface area contributed by atoms with Crippen molar-refractivity contribution in [2.45, 2.75) is 25.8 Å². The molecule has 0 saturated heterocycles. The Morgan fingerprint density at radius 1 is 1.42 bits per heavy atom. The summed E-state index contributed by atoms with van der Waals surface area (Å²) in [4.78, 5) is 32.1. The molecule has 0 aromatic heterocycles. The number of amides is 1. The van der Waals surface area contributed by atoms with Gasteiger partial charge in [-0.1, -0.05) is 18.2 Å². The van der Waals surface area contributed by atoms with E-state index in [0.29, 0.717) is 5.56 Å². The van der Waals surface area contributed by atoms with Gasteiger partial charge in [0.15, 0.2) is 0 Å². The fraction of sp³-hybridized carbons (Fsp3) is 0.333. The van der Waals surface area contributed by atoms with Crippen LogP contribution in [-0.4, -0.2) is 27.9 Å². The molecule has 102 valence electrons. The largest absolute Gasteiger partial charge is 0.480 e. The monoisotopic (exact) mass is 266 g/mol. The summed E-state index contributed by atoms with van der Waals surface area (Å²) < 4.78 is 0. The van der Waals surface area contributed by atoms with Crippen molar-refractivity contribution in [3.8, 4) is 0 Å². The summed E-state index contributed by atoms with van der Waals surface area (Å²) >= 11 is 0. The minimum atomic E-state index is -1.16. The van der Waals surface area contributed by atoms with Gasteiger partial charge in [0.2, 0.25) is 5.91 Å². The van der Waals surface area contributed by atoms with Crippen LogP contribution in [0.1, 0.15) is 18.9 Å². The number of carboxylic acid groups (broad SMARTS) is 1. The van der Waals surface area contributed by atoms with Gasteiger partial charge in [-0.05, 0) is 12.8 Å². The molecule has 1 aromatic rings. The Morgan fingerprint density at radius 3 is 2.58 bits per heavy atom. The van der Waals surface area contributed by atoms with Gasteiger partial charge in [-0.2, -0.15) is 0 Å². The van der Waals surface area contributed by atoms with E-state index in [2.05, 4.69) is 5.32 Å². The Morgan fingerprint density at radius 2 is 2.05 bits per heavy atom. The average molecular weight is 266 g/mol. The summed E-state index contributed by atoms with van der Waals surface area (Å²) in [6, 6.07) is 5.09. The van der Waals surface area contributed by atoms with Gasteiger partial charge in [0.05, 0.1) is 4.92 Å². The first kappa shape index (κ1) is 14.6. The van der Waals surface area contributed by atoms with Crippen LogP contribution in [0, 0.1) is 10.1 Å². The molecule has 0 saturated carbocycles. The summed E-state index contributed by atoms with van der Waals surface area (Å²) in [7, 11) is 0. The van der Waals surface area contributed by atoms with Gasteiger partial charge in [0, 0.05) is 18.6 Å². The van der Waals surface area contributed by atoms with E-state index < -0.39 is 22.8 Å². The van der Waals surface area contributed by atoms with Gasteiger partial charge in [0.1, 0.15) is 6.04 Å². The molecule has 0 fully saturated rings. The van der Waals surface area contributed by atoms with Crippen LogP contribution in [0.5, 0.6) is 0 Å². The second-order valence-electron chi connectivity index (χ2n) is 4.02. The molecule has 1 rings (SSSR count). The lowest BCUT2D eigenvalue weighted by Crippen LogP contribution is -2.39. The van der Waals surface area contributed by atoms with Crippen LogP contribution in [-0.2, 0) is 16.0 Å². The topological polar surface area (TPSA) is 110 Å². The summed E-state index contributed by atoms with van der Waals surface area (Å²) in [5.74, 6) is -1.61. The van der Waals surface area contributed by atoms with Crippen molar-refractivity contribution < 1.29 is 19.6 Å². The molecule has 19 heavy (non-hydrogen) atoms. The lowest BCUT2D eigenvalue weighted by Gasteiger charge is -2.12. The molecule has 0 aliphatic carbocycles. The Hall–Kier alpha value is -2.44. The van der Waals surface area contributed by atoms with Crippen molar-refractivity contribution >= 4 is 17.6 Å². The lowest BCUT2D eigenvalue weighted by molar-refractivity contribution is -0.385. The maximum Gasteiger partial charge on any atom is 0.326 e. The van der Waals surface area contributed by atoms with Crippen molar-refractivity contribution in [3.63, 3.8) is 0 Å². The molecule has 1 unspecified atom stereocenters. The van der Waals surface area contributed by atoms with Crippen LogP contribution in [0.2, 0.25) is 0 Å². The van der Waals surface area contributed by atoms with E-state index in [-0.39, 0.29) is 18.5 Å². The SMILES string of the molecule is CC(=O)NC(CCc1ccccc1[N+](=O)[O-])C(=O)O. The zero-order chi connectivity index (χ0) is 14.4. The van der Waals surface area contributed by atoms with E-state index in [9.17, 15) is 19.7 Å². The molecule has 0 aliphatic rings. The van der Waals surface area contributed by atoms with Crippen LogP contribution in [0.15, 0.2) is 24.3 Å². The highest BCUT2D eigenvalue weighted by molar-refractivity contribution is 5.82. The maximum atomic E-state index is 10.9. The number of benzene rings is 1. The first-order valence-electron chi connectivity index (χ1n) is 5.64.